The lowest BCUT2D eigenvalue weighted by Crippen LogP contribution is -2.39. The molecule has 1 unspecified atom stereocenters. The Bertz CT molecular complexity index is 1020. The monoisotopic (exact) mass is 443 g/mol. The number of cyclic esters (lactones) is 1. The first kappa shape index (κ1) is 22.6. The summed E-state index contributed by atoms with van der Waals surface area (Å²) in [6, 6.07) is 6.92. The second-order valence-electron chi connectivity index (χ2n) is 7.44. The van der Waals surface area contributed by atoms with Gasteiger partial charge in [-0.05, 0) is 23.5 Å². The van der Waals surface area contributed by atoms with E-state index in [1.165, 1.54) is 24.3 Å². The molecular formula is C21H18F5NO4. The van der Waals surface area contributed by atoms with Gasteiger partial charge >= 0.3 is 24.0 Å². The van der Waals surface area contributed by atoms with Crippen LogP contribution >= 0.6 is 0 Å². The number of fused-ring (bicyclic) bond motifs is 1. The summed E-state index contributed by atoms with van der Waals surface area (Å²) in [7, 11) is 0.847. The maximum absolute atomic E-state index is 15.4. The van der Waals surface area contributed by atoms with Gasteiger partial charge < -0.3 is 9.47 Å². The molecule has 31 heavy (non-hydrogen) atoms. The Morgan fingerprint density at radius 3 is 2.35 bits per heavy atom. The van der Waals surface area contributed by atoms with Crippen molar-refractivity contribution in [2.45, 2.75) is 38.5 Å². The number of rotatable bonds is 4. The number of aromatic nitrogens is 1. The summed E-state index contributed by atoms with van der Waals surface area (Å²) in [4.78, 5) is 28.1. The molecule has 2 heterocycles. The van der Waals surface area contributed by atoms with Gasteiger partial charge in [0.15, 0.2) is 11.8 Å². The minimum Gasteiger partial charge on any atom is -0.465 e. The number of halogens is 5. The number of benzene rings is 1. The zero-order valence-corrected chi connectivity index (χ0v) is 16.7. The molecule has 0 saturated carbocycles. The fourth-order valence-corrected chi connectivity index (χ4v) is 3.50. The van der Waals surface area contributed by atoms with Gasteiger partial charge in [0.1, 0.15) is 5.69 Å². The fourth-order valence-electron chi connectivity index (χ4n) is 3.50. The highest BCUT2D eigenvalue weighted by Crippen LogP contribution is 2.50. The molecule has 10 heteroatoms. The maximum Gasteiger partial charge on any atom is 0.434 e. The van der Waals surface area contributed by atoms with Crippen molar-refractivity contribution in [2.75, 3.05) is 7.11 Å². The summed E-state index contributed by atoms with van der Waals surface area (Å²) in [5.74, 6) is -7.18. The molecule has 3 rings (SSSR count). The Labute approximate surface area is 174 Å². The van der Waals surface area contributed by atoms with Crippen LogP contribution in [0.1, 0.15) is 63.2 Å². The molecule has 0 aliphatic carbocycles. The van der Waals surface area contributed by atoms with Crippen LogP contribution in [-0.2, 0) is 28.0 Å². The van der Waals surface area contributed by atoms with Gasteiger partial charge in [-0.1, -0.05) is 44.2 Å². The lowest BCUT2D eigenvalue weighted by molar-refractivity contribution is -0.148. The van der Waals surface area contributed by atoms with E-state index < -0.39 is 58.2 Å². The van der Waals surface area contributed by atoms with E-state index in [9.17, 15) is 22.8 Å². The van der Waals surface area contributed by atoms with Gasteiger partial charge in [0.2, 0.25) is 0 Å². The molecule has 1 atom stereocenters. The number of carbonyl (C=O) groups is 2. The first-order valence-electron chi connectivity index (χ1n) is 9.26. The van der Waals surface area contributed by atoms with Crippen molar-refractivity contribution in [2.24, 2.45) is 5.92 Å². The number of ether oxygens (including phenoxy) is 2. The Kier molecular flexibility index (Phi) is 5.77. The predicted octanol–water partition coefficient (Wildman–Crippen LogP) is 5.09. The zero-order chi connectivity index (χ0) is 23.1. The van der Waals surface area contributed by atoms with Crippen molar-refractivity contribution >= 4 is 11.9 Å². The molecule has 0 radical (unpaired) electrons. The molecule has 166 valence electrons. The average molecular weight is 443 g/mol. The molecule has 0 saturated heterocycles. The minimum absolute atomic E-state index is 0.107. The van der Waals surface area contributed by atoms with Gasteiger partial charge in [-0.3, -0.25) is 0 Å². The Hall–Kier alpha value is -3.04. The zero-order valence-electron chi connectivity index (χ0n) is 16.7. The van der Waals surface area contributed by atoms with Gasteiger partial charge in [-0.15, -0.1) is 0 Å². The minimum atomic E-state index is -5.25. The van der Waals surface area contributed by atoms with E-state index in [-0.39, 0.29) is 17.9 Å². The van der Waals surface area contributed by atoms with Crippen molar-refractivity contribution in [3.8, 4) is 0 Å². The van der Waals surface area contributed by atoms with E-state index in [0.29, 0.717) is 0 Å². The number of nitrogens with zero attached hydrogens (tertiary/aromatic N) is 1. The van der Waals surface area contributed by atoms with Crippen LogP contribution in [-0.4, -0.2) is 24.0 Å². The number of hydrogen-bond acceptors (Lipinski definition) is 5. The molecule has 1 aliphatic rings. The standard InChI is InChI=1S/C21H18F5NO4/c1-10(2)9-12-13-15(27-16(21(24,25)26)14(12)18(28)30-3)20(22,23)17(31-19(13)29)11-7-5-4-6-8-11/h4-8,10,17H,9H2,1-3H3. The molecule has 1 aromatic carbocycles. The SMILES string of the molecule is COC(=O)c1c(C(F)(F)F)nc2c(c1CC(C)C)C(=O)OC(c1ccccc1)C2(F)F. The van der Waals surface area contributed by atoms with Crippen molar-refractivity contribution in [3.63, 3.8) is 0 Å². The van der Waals surface area contributed by atoms with E-state index in [1.54, 1.807) is 19.9 Å². The van der Waals surface area contributed by atoms with Crippen LogP contribution < -0.4 is 0 Å². The van der Waals surface area contributed by atoms with Gasteiger partial charge in [-0.25, -0.2) is 14.6 Å². The predicted molar refractivity (Wildman–Crippen MR) is 97.6 cm³/mol. The van der Waals surface area contributed by atoms with Crippen molar-refractivity contribution in [1.29, 1.82) is 0 Å². The third-order valence-corrected chi connectivity index (χ3v) is 4.75. The van der Waals surface area contributed by atoms with Crippen molar-refractivity contribution < 1.29 is 41.0 Å². The largest absolute Gasteiger partial charge is 0.465 e. The van der Waals surface area contributed by atoms with Crippen LogP contribution in [0.25, 0.3) is 0 Å². The second-order valence-corrected chi connectivity index (χ2v) is 7.44. The Balaban J connectivity index is 2.39. The molecular weight excluding hydrogens is 425 g/mol. The summed E-state index contributed by atoms with van der Waals surface area (Å²) < 4.78 is 81.5. The number of alkyl halides is 5. The highest BCUT2D eigenvalue weighted by molar-refractivity contribution is 6.00. The van der Waals surface area contributed by atoms with Crippen LogP contribution in [0.15, 0.2) is 30.3 Å². The topological polar surface area (TPSA) is 65.5 Å². The smallest absolute Gasteiger partial charge is 0.434 e. The molecule has 0 fully saturated rings. The molecule has 1 aliphatic heterocycles. The van der Waals surface area contributed by atoms with Gasteiger partial charge in [0.05, 0.1) is 18.2 Å². The number of pyridine rings is 1. The number of esters is 2. The van der Waals surface area contributed by atoms with Crippen molar-refractivity contribution in [1.82, 2.24) is 4.98 Å². The number of carbonyl (C=O) groups excluding carboxylic acids is 2. The highest BCUT2D eigenvalue weighted by Gasteiger charge is 2.56. The van der Waals surface area contributed by atoms with E-state index in [4.69, 9.17) is 4.74 Å². The Morgan fingerprint density at radius 1 is 1.23 bits per heavy atom. The van der Waals surface area contributed by atoms with Crippen molar-refractivity contribution in [3.05, 3.63) is 64.0 Å². The third kappa shape index (κ3) is 3.98. The molecule has 1 aromatic heterocycles. The lowest BCUT2D eigenvalue weighted by atomic mass is 9.86. The lowest BCUT2D eigenvalue weighted by Gasteiger charge is -2.34. The van der Waals surface area contributed by atoms with Crippen LogP contribution in [0.2, 0.25) is 0 Å². The molecule has 5 nitrogen and oxygen atoms in total. The third-order valence-electron chi connectivity index (χ3n) is 4.75. The molecule has 0 N–H and O–H groups in total. The summed E-state index contributed by atoms with van der Waals surface area (Å²) in [6.07, 6.45) is -7.69. The van der Waals surface area contributed by atoms with Crippen LogP contribution in [0, 0.1) is 5.92 Å². The van der Waals surface area contributed by atoms with Gasteiger partial charge in [0.25, 0.3) is 0 Å². The first-order chi connectivity index (χ1) is 14.4. The highest BCUT2D eigenvalue weighted by atomic mass is 19.4. The number of methoxy groups -OCH3 is 1. The fraction of sp³-hybridized carbons (Fsp3) is 0.381. The van der Waals surface area contributed by atoms with E-state index in [2.05, 4.69) is 9.72 Å². The van der Waals surface area contributed by atoms with Crippen LogP contribution in [0.4, 0.5) is 22.0 Å². The number of hydrogen-bond donors (Lipinski definition) is 0. The quantitative estimate of drug-likeness (QED) is 0.487. The van der Waals surface area contributed by atoms with Crippen LogP contribution in [0.5, 0.6) is 0 Å². The summed E-state index contributed by atoms with van der Waals surface area (Å²) in [5, 5.41) is 0. The summed E-state index contributed by atoms with van der Waals surface area (Å²) >= 11 is 0. The maximum atomic E-state index is 15.4. The summed E-state index contributed by atoms with van der Waals surface area (Å²) in [6.45, 7) is 3.19. The average Bonchev–Trinajstić information content (AvgIpc) is 2.69. The van der Waals surface area contributed by atoms with Crippen LogP contribution in [0.3, 0.4) is 0 Å². The molecule has 0 bridgehead atoms. The first-order valence-corrected chi connectivity index (χ1v) is 9.26. The van der Waals surface area contributed by atoms with E-state index >= 15 is 8.78 Å². The normalized spacial score (nSPS) is 17.8. The second kappa shape index (κ2) is 7.90. The Morgan fingerprint density at radius 2 is 1.84 bits per heavy atom. The summed E-state index contributed by atoms with van der Waals surface area (Å²) in [5.41, 5.74) is -5.71. The van der Waals surface area contributed by atoms with Gasteiger partial charge in [0, 0.05) is 0 Å². The van der Waals surface area contributed by atoms with E-state index in [0.717, 1.165) is 7.11 Å². The van der Waals surface area contributed by atoms with Gasteiger partial charge in [-0.2, -0.15) is 22.0 Å². The molecule has 0 amide bonds. The molecule has 0 spiro atoms. The van der Waals surface area contributed by atoms with E-state index in [1.807, 2.05) is 0 Å². The molecule has 2 aromatic rings.